The zero-order valence-electron chi connectivity index (χ0n) is 10.9. The number of allylic oxidation sites excluding steroid dienone is 5. The molecule has 0 radical (unpaired) electrons. The second-order valence-corrected chi connectivity index (χ2v) is 3.44. The number of unbranched alkanes of at least 4 members (excludes halogenated alkanes) is 1. The fourth-order valence-electron chi connectivity index (χ4n) is 0.743. The molecule has 1 nitrogen and oxygen atoms in total. The van der Waals surface area contributed by atoms with E-state index in [4.69, 9.17) is 5.73 Å². The van der Waals surface area contributed by atoms with Gasteiger partial charge in [-0.2, -0.15) is 0 Å². The number of hydrogen-bond donors (Lipinski definition) is 1. The highest BCUT2D eigenvalue weighted by atomic mass is 14.6. The molecule has 0 saturated carbocycles. The minimum atomic E-state index is 0.676. The van der Waals surface area contributed by atoms with Crippen molar-refractivity contribution in [3.63, 3.8) is 0 Å². The van der Waals surface area contributed by atoms with Gasteiger partial charge in [-0.1, -0.05) is 50.3 Å². The van der Waals surface area contributed by atoms with Gasteiger partial charge in [0.05, 0.1) is 0 Å². The molecule has 0 aromatic rings. The van der Waals surface area contributed by atoms with Gasteiger partial charge in [0.2, 0.25) is 0 Å². The summed E-state index contributed by atoms with van der Waals surface area (Å²) in [6.45, 7) is 16.9. The van der Waals surface area contributed by atoms with E-state index in [1.54, 1.807) is 6.08 Å². The van der Waals surface area contributed by atoms with Gasteiger partial charge in [-0.3, -0.25) is 0 Å². The van der Waals surface area contributed by atoms with Gasteiger partial charge < -0.3 is 5.73 Å². The molecule has 0 aliphatic carbocycles. The summed E-state index contributed by atoms with van der Waals surface area (Å²) in [5.41, 5.74) is 8.23. The highest BCUT2D eigenvalue weighted by Gasteiger charge is 1.90. The fraction of sp³-hybridized carbons (Fsp3) is 0.333. The van der Waals surface area contributed by atoms with E-state index < -0.39 is 0 Å². The Labute approximate surface area is 101 Å². The highest BCUT2D eigenvalue weighted by molar-refractivity contribution is 5.38. The third-order valence-electron chi connectivity index (χ3n) is 1.95. The van der Waals surface area contributed by atoms with Crippen molar-refractivity contribution in [3.05, 3.63) is 60.9 Å². The summed E-state index contributed by atoms with van der Waals surface area (Å²) in [7, 11) is 0. The molecule has 0 atom stereocenters. The van der Waals surface area contributed by atoms with E-state index in [0.29, 0.717) is 5.70 Å². The molecule has 2 N–H and O–H groups in total. The molecule has 0 rings (SSSR count). The van der Waals surface area contributed by atoms with Crippen molar-refractivity contribution in [1.82, 2.24) is 0 Å². The summed E-state index contributed by atoms with van der Waals surface area (Å²) in [4.78, 5) is 0. The van der Waals surface area contributed by atoms with Gasteiger partial charge in [0, 0.05) is 5.70 Å². The lowest BCUT2D eigenvalue weighted by molar-refractivity contribution is 0.961. The Morgan fingerprint density at radius 1 is 1.31 bits per heavy atom. The maximum Gasteiger partial charge on any atom is 0.0383 e. The van der Waals surface area contributed by atoms with E-state index in [-0.39, 0.29) is 0 Å². The molecule has 16 heavy (non-hydrogen) atoms. The fourth-order valence-corrected chi connectivity index (χ4v) is 0.743. The van der Waals surface area contributed by atoms with Gasteiger partial charge in [-0.05, 0) is 31.9 Å². The predicted octanol–water partition coefficient (Wildman–Crippen LogP) is 4.51. The molecule has 0 fully saturated rings. The first-order valence-corrected chi connectivity index (χ1v) is 5.56. The Kier molecular flexibility index (Phi) is 12.2. The standard InChI is InChI=1S/C10H15N.C5H10/c1-5-8(3)7-10(11)9(4)6-2;1-3-5-4-2/h5-7H,2,4,11H2,1,3H3;3H,1,4-5H2,2H3/b8-5-,10-7-;. The Bertz CT molecular complexity index is 280. The average Bonchev–Trinajstić information content (AvgIpc) is 2.29. The normalized spacial score (nSPS) is 11.2. The summed E-state index contributed by atoms with van der Waals surface area (Å²) in [6, 6.07) is 0. The predicted molar refractivity (Wildman–Crippen MR) is 76.1 cm³/mol. The van der Waals surface area contributed by atoms with Crippen LogP contribution in [0.4, 0.5) is 0 Å². The van der Waals surface area contributed by atoms with Crippen LogP contribution in [0.2, 0.25) is 0 Å². The molecule has 0 unspecified atom stereocenters. The van der Waals surface area contributed by atoms with E-state index in [9.17, 15) is 0 Å². The largest absolute Gasteiger partial charge is 0.398 e. The number of nitrogens with two attached hydrogens (primary N) is 1. The van der Waals surface area contributed by atoms with Gasteiger partial charge >= 0.3 is 0 Å². The van der Waals surface area contributed by atoms with Gasteiger partial charge in [0.1, 0.15) is 0 Å². The summed E-state index contributed by atoms with van der Waals surface area (Å²) in [5.74, 6) is 0. The molecule has 1 heteroatoms. The third kappa shape index (κ3) is 10.6. The molecule has 0 aromatic carbocycles. The minimum absolute atomic E-state index is 0.676. The molecule has 0 amide bonds. The van der Waals surface area contributed by atoms with Crippen molar-refractivity contribution in [2.45, 2.75) is 33.6 Å². The van der Waals surface area contributed by atoms with Crippen molar-refractivity contribution in [2.24, 2.45) is 5.73 Å². The molecule has 0 bridgehead atoms. The number of hydrogen-bond acceptors (Lipinski definition) is 1. The van der Waals surface area contributed by atoms with Gasteiger partial charge in [0.25, 0.3) is 0 Å². The SMILES string of the molecule is C=CC(=C)/C(N)=C/C(C)=C\C.C=CCCC. The first kappa shape index (κ1) is 16.9. The monoisotopic (exact) mass is 219 g/mol. The van der Waals surface area contributed by atoms with Crippen LogP contribution in [0.5, 0.6) is 0 Å². The van der Waals surface area contributed by atoms with Crippen LogP contribution in [0.1, 0.15) is 33.6 Å². The van der Waals surface area contributed by atoms with Crippen LogP contribution >= 0.6 is 0 Å². The van der Waals surface area contributed by atoms with E-state index in [2.05, 4.69) is 26.7 Å². The van der Waals surface area contributed by atoms with Crippen molar-refractivity contribution in [2.75, 3.05) is 0 Å². The first-order chi connectivity index (χ1) is 7.53. The second kappa shape index (κ2) is 11.6. The first-order valence-electron chi connectivity index (χ1n) is 5.56. The summed E-state index contributed by atoms with van der Waals surface area (Å²) < 4.78 is 0. The molecular weight excluding hydrogens is 194 g/mol. The minimum Gasteiger partial charge on any atom is -0.398 e. The molecule has 0 aliphatic heterocycles. The lowest BCUT2D eigenvalue weighted by Crippen LogP contribution is -1.98. The van der Waals surface area contributed by atoms with E-state index >= 15 is 0 Å². The maximum absolute atomic E-state index is 5.65. The van der Waals surface area contributed by atoms with Crippen molar-refractivity contribution >= 4 is 0 Å². The second-order valence-electron chi connectivity index (χ2n) is 3.44. The lowest BCUT2D eigenvalue weighted by atomic mass is 10.1. The van der Waals surface area contributed by atoms with Crippen LogP contribution in [-0.2, 0) is 0 Å². The maximum atomic E-state index is 5.65. The highest BCUT2D eigenvalue weighted by Crippen LogP contribution is 2.05. The smallest absolute Gasteiger partial charge is 0.0383 e. The van der Waals surface area contributed by atoms with Crippen molar-refractivity contribution < 1.29 is 0 Å². The summed E-state index contributed by atoms with van der Waals surface area (Å²) in [6.07, 6.45) is 9.82. The van der Waals surface area contributed by atoms with Crippen LogP contribution in [-0.4, -0.2) is 0 Å². The van der Waals surface area contributed by atoms with E-state index in [0.717, 1.165) is 17.6 Å². The summed E-state index contributed by atoms with van der Waals surface area (Å²) >= 11 is 0. The Morgan fingerprint density at radius 2 is 1.88 bits per heavy atom. The van der Waals surface area contributed by atoms with Crippen LogP contribution < -0.4 is 5.73 Å². The molecule has 0 aliphatic rings. The van der Waals surface area contributed by atoms with Crippen LogP contribution in [0.25, 0.3) is 0 Å². The average molecular weight is 219 g/mol. The molecule has 0 aromatic heterocycles. The molecule has 0 spiro atoms. The molecule has 90 valence electrons. The Balaban J connectivity index is 0. The van der Waals surface area contributed by atoms with Crippen LogP contribution in [0.15, 0.2) is 60.9 Å². The molecule has 0 saturated heterocycles. The number of rotatable bonds is 5. The zero-order valence-corrected chi connectivity index (χ0v) is 10.9. The Hall–Kier alpha value is -1.50. The van der Waals surface area contributed by atoms with Crippen LogP contribution in [0.3, 0.4) is 0 Å². The van der Waals surface area contributed by atoms with E-state index in [1.165, 1.54) is 6.42 Å². The summed E-state index contributed by atoms with van der Waals surface area (Å²) in [5, 5.41) is 0. The molecule has 0 heterocycles. The van der Waals surface area contributed by atoms with Gasteiger partial charge in [0.15, 0.2) is 0 Å². The van der Waals surface area contributed by atoms with Gasteiger partial charge in [-0.15, -0.1) is 6.58 Å². The quantitative estimate of drug-likeness (QED) is 0.534. The third-order valence-corrected chi connectivity index (χ3v) is 1.95. The lowest BCUT2D eigenvalue weighted by Gasteiger charge is -1.99. The zero-order chi connectivity index (χ0) is 13.0. The Morgan fingerprint density at radius 3 is 2.12 bits per heavy atom. The molecular formula is C15H25N. The topological polar surface area (TPSA) is 26.0 Å². The van der Waals surface area contributed by atoms with Crippen molar-refractivity contribution in [3.8, 4) is 0 Å². The van der Waals surface area contributed by atoms with Gasteiger partial charge in [-0.25, -0.2) is 0 Å². The van der Waals surface area contributed by atoms with Crippen molar-refractivity contribution in [1.29, 1.82) is 0 Å². The van der Waals surface area contributed by atoms with Crippen LogP contribution in [0, 0.1) is 0 Å². The van der Waals surface area contributed by atoms with E-state index in [1.807, 2.05) is 32.1 Å².